The Morgan fingerprint density at radius 3 is 2.37 bits per heavy atom. The van der Waals surface area contributed by atoms with Crippen molar-refractivity contribution in [1.29, 1.82) is 0 Å². The molecule has 0 fully saturated rings. The van der Waals surface area contributed by atoms with E-state index in [1.807, 2.05) is 0 Å². The predicted octanol–water partition coefficient (Wildman–Crippen LogP) is 4.31. The fraction of sp³-hybridized carbons (Fsp3) is 0.625. The summed E-state index contributed by atoms with van der Waals surface area (Å²) in [5, 5.41) is 3.49. The summed E-state index contributed by atoms with van der Waals surface area (Å²) < 4.78 is 26.1. The molecule has 0 aliphatic heterocycles. The molecular weight excluding hydrogens is 244 g/mol. The normalized spacial score (nSPS) is 13.6. The topological polar surface area (TPSA) is 12.0 Å². The van der Waals surface area contributed by atoms with E-state index in [2.05, 4.69) is 33.0 Å². The second kappa shape index (κ2) is 6.99. The van der Waals surface area contributed by atoms with Crippen molar-refractivity contribution >= 4 is 0 Å². The van der Waals surface area contributed by atoms with E-state index in [-0.39, 0.29) is 5.54 Å². The lowest BCUT2D eigenvalue weighted by Gasteiger charge is -2.25. The molecule has 1 aromatic carbocycles. The molecule has 0 amide bonds. The highest BCUT2D eigenvalue weighted by molar-refractivity contribution is 5.18. The summed E-state index contributed by atoms with van der Waals surface area (Å²) >= 11 is 0. The summed E-state index contributed by atoms with van der Waals surface area (Å²) in [6.07, 6.45) is 2.97. The van der Waals surface area contributed by atoms with Crippen molar-refractivity contribution in [3.63, 3.8) is 0 Å². The van der Waals surface area contributed by atoms with E-state index in [0.717, 1.165) is 31.4 Å². The first-order valence-corrected chi connectivity index (χ1v) is 7.00. The molecule has 0 aromatic heterocycles. The van der Waals surface area contributed by atoms with E-state index in [1.54, 1.807) is 6.07 Å². The molecule has 0 saturated heterocycles. The average Bonchev–Trinajstić information content (AvgIpc) is 2.30. The van der Waals surface area contributed by atoms with Crippen LogP contribution in [0.1, 0.15) is 46.1 Å². The third-order valence-electron chi connectivity index (χ3n) is 3.13. The van der Waals surface area contributed by atoms with Crippen LogP contribution in [0.2, 0.25) is 0 Å². The Bertz CT molecular complexity index is 396. The van der Waals surface area contributed by atoms with Gasteiger partial charge >= 0.3 is 0 Å². The molecule has 1 atom stereocenters. The zero-order valence-corrected chi connectivity index (χ0v) is 12.4. The average molecular weight is 269 g/mol. The van der Waals surface area contributed by atoms with Crippen LogP contribution in [0.25, 0.3) is 0 Å². The fourth-order valence-electron chi connectivity index (χ4n) is 2.14. The van der Waals surface area contributed by atoms with Crippen LogP contribution in [0, 0.1) is 17.6 Å². The van der Waals surface area contributed by atoms with Gasteiger partial charge in [-0.2, -0.15) is 0 Å². The van der Waals surface area contributed by atoms with Crippen LogP contribution in [0.15, 0.2) is 18.2 Å². The van der Waals surface area contributed by atoms with Gasteiger partial charge in [-0.15, -0.1) is 0 Å². The first kappa shape index (κ1) is 16.1. The van der Waals surface area contributed by atoms with Crippen LogP contribution < -0.4 is 5.32 Å². The summed E-state index contributed by atoms with van der Waals surface area (Å²) in [5.74, 6) is -1.07. The summed E-state index contributed by atoms with van der Waals surface area (Å²) in [6, 6.07) is 4.21. The molecule has 1 N–H and O–H groups in total. The molecule has 0 heterocycles. The molecule has 19 heavy (non-hydrogen) atoms. The highest BCUT2D eigenvalue weighted by Crippen LogP contribution is 2.17. The minimum atomic E-state index is -0.774. The Labute approximate surface area is 115 Å². The Balaban J connectivity index is 2.64. The van der Waals surface area contributed by atoms with Crippen molar-refractivity contribution in [3.8, 4) is 0 Å². The standard InChI is InChI=1S/C16H25F2N/c1-5-6-13(11-19-16(2,3)4)9-12-7-8-14(17)15(18)10-12/h7-8,10,13,19H,5-6,9,11H2,1-4H3. The summed E-state index contributed by atoms with van der Waals surface area (Å²) in [6.45, 7) is 9.44. The zero-order chi connectivity index (χ0) is 14.5. The summed E-state index contributed by atoms with van der Waals surface area (Å²) in [7, 11) is 0. The van der Waals surface area contributed by atoms with E-state index in [4.69, 9.17) is 0 Å². The maximum atomic E-state index is 13.2. The second-order valence-corrected chi connectivity index (χ2v) is 6.24. The first-order valence-electron chi connectivity index (χ1n) is 7.00. The van der Waals surface area contributed by atoms with Crippen LogP contribution in [0.5, 0.6) is 0 Å². The minimum absolute atomic E-state index is 0.0834. The van der Waals surface area contributed by atoms with Gasteiger partial charge in [0.05, 0.1) is 0 Å². The van der Waals surface area contributed by atoms with Gasteiger partial charge < -0.3 is 5.32 Å². The molecule has 108 valence electrons. The molecule has 0 saturated carbocycles. The number of rotatable bonds is 6. The van der Waals surface area contributed by atoms with Crippen LogP contribution in [-0.2, 0) is 6.42 Å². The van der Waals surface area contributed by atoms with Crippen LogP contribution in [-0.4, -0.2) is 12.1 Å². The molecule has 0 bridgehead atoms. The number of hydrogen-bond acceptors (Lipinski definition) is 1. The number of nitrogens with one attached hydrogen (secondary N) is 1. The lowest BCUT2D eigenvalue weighted by molar-refractivity contribution is 0.354. The van der Waals surface area contributed by atoms with Gasteiger partial charge in [-0.05, 0) is 63.8 Å². The summed E-state index contributed by atoms with van der Waals surface area (Å²) in [4.78, 5) is 0. The highest BCUT2D eigenvalue weighted by atomic mass is 19.2. The van der Waals surface area contributed by atoms with Gasteiger partial charge in [-0.1, -0.05) is 19.4 Å². The van der Waals surface area contributed by atoms with Crippen LogP contribution in [0.4, 0.5) is 8.78 Å². The van der Waals surface area contributed by atoms with Gasteiger partial charge in [0.1, 0.15) is 0 Å². The van der Waals surface area contributed by atoms with Crippen molar-refractivity contribution < 1.29 is 8.78 Å². The quantitative estimate of drug-likeness (QED) is 0.811. The number of halogens is 2. The molecule has 0 radical (unpaired) electrons. The molecule has 1 rings (SSSR count). The Morgan fingerprint density at radius 1 is 1.16 bits per heavy atom. The largest absolute Gasteiger partial charge is 0.312 e. The maximum absolute atomic E-state index is 13.2. The minimum Gasteiger partial charge on any atom is -0.312 e. The van der Waals surface area contributed by atoms with E-state index < -0.39 is 11.6 Å². The SMILES string of the molecule is CCCC(CNC(C)(C)C)Cc1ccc(F)c(F)c1. The highest BCUT2D eigenvalue weighted by Gasteiger charge is 2.15. The molecule has 0 aliphatic carbocycles. The molecular formula is C16H25F2N. The van der Waals surface area contributed by atoms with E-state index in [1.165, 1.54) is 12.1 Å². The van der Waals surface area contributed by atoms with Gasteiger partial charge in [0, 0.05) is 5.54 Å². The first-order chi connectivity index (χ1) is 8.81. The Kier molecular flexibility index (Phi) is 5.92. The van der Waals surface area contributed by atoms with Crippen molar-refractivity contribution in [2.24, 2.45) is 5.92 Å². The van der Waals surface area contributed by atoms with Gasteiger partial charge in [0.15, 0.2) is 11.6 Å². The third-order valence-corrected chi connectivity index (χ3v) is 3.13. The van der Waals surface area contributed by atoms with Crippen molar-refractivity contribution in [2.45, 2.75) is 52.5 Å². The van der Waals surface area contributed by atoms with E-state index in [0.29, 0.717) is 5.92 Å². The Morgan fingerprint density at radius 2 is 1.84 bits per heavy atom. The van der Waals surface area contributed by atoms with E-state index in [9.17, 15) is 8.78 Å². The number of benzene rings is 1. The third kappa shape index (κ3) is 6.15. The lowest BCUT2D eigenvalue weighted by atomic mass is 9.94. The summed E-state index contributed by atoms with van der Waals surface area (Å²) in [5.41, 5.74) is 0.952. The van der Waals surface area contributed by atoms with Crippen LogP contribution >= 0.6 is 0 Å². The maximum Gasteiger partial charge on any atom is 0.159 e. The van der Waals surface area contributed by atoms with Gasteiger partial charge in [0.2, 0.25) is 0 Å². The van der Waals surface area contributed by atoms with Gasteiger partial charge in [0.25, 0.3) is 0 Å². The molecule has 1 nitrogen and oxygen atoms in total. The fourth-order valence-corrected chi connectivity index (χ4v) is 2.14. The monoisotopic (exact) mass is 269 g/mol. The lowest BCUT2D eigenvalue weighted by Crippen LogP contribution is -2.39. The van der Waals surface area contributed by atoms with Gasteiger partial charge in [-0.3, -0.25) is 0 Å². The molecule has 1 aromatic rings. The van der Waals surface area contributed by atoms with E-state index >= 15 is 0 Å². The Hall–Kier alpha value is -0.960. The molecule has 0 aliphatic rings. The molecule has 0 spiro atoms. The van der Waals surface area contributed by atoms with Crippen molar-refractivity contribution in [2.75, 3.05) is 6.54 Å². The molecule has 3 heteroatoms. The van der Waals surface area contributed by atoms with Crippen molar-refractivity contribution in [3.05, 3.63) is 35.4 Å². The second-order valence-electron chi connectivity index (χ2n) is 6.24. The predicted molar refractivity (Wildman–Crippen MR) is 76.2 cm³/mol. The van der Waals surface area contributed by atoms with Crippen LogP contribution in [0.3, 0.4) is 0 Å². The molecule has 1 unspecified atom stereocenters. The zero-order valence-electron chi connectivity index (χ0n) is 12.4. The smallest absolute Gasteiger partial charge is 0.159 e. The van der Waals surface area contributed by atoms with Gasteiger partial charge in [-0.25, -0.2) is 8.78 Å². The number of hydrogen-bond donors (Lipinski definition) is 1. The van der Waals surface area contributed by atoms with Crippen molar-refractivity contribution in [1.82, 2.24) is 5.32 Å².